The van der Waals surface area contributed by atoms with Gasteiger partial charge in [-0.1, -0.05) is 42.5 Å². The van der Waals surface area contributed by atoms with Crippen LogP contribution < -0.4 is 4.73 Å². The van der Waals surface area contributed by atoms with Crippen LogP contribution in [-0.4, -0.2) is 4.98 Å². The van der Waals surface area contributed by atoms with E-state index in [-0.39, 0.29) is 0 Å². The molecule has 2 aromatic heterocycles. The Hall–Kier alpha value is -2.59. The van der Waals surface area contributed by atoms with Crippen molar-refractivity contribution in [2.24, 2.45) is 0 Å². The third-order valence-electron chi connectivity index (χ3n) is 3.83. The second kappa shape index (κ2) is 5.89. The quantitative estimate of drug-likeness (QED) is 0.244. The first-order valence-electron chi connectivity index (χ1n) is 7.40. The first-order chi connectivity index (χ1) is 11.3. The van der Waals surface area contributed by atoms with Crippen molar-refractivity contribution in [3.05, 3.63) is 83.8 Å². The number of aromatic nitrogens is 2. The molecule has 0 bridgehead atoms. The lowest BCUT2D eigenvalue weighted by atomic mass is 10.0. The minimum Gasteiger partial charge on any atom is -0.618 e. The van der Waals surface area contributed by atoms with Crippen molar-refractivity contribution in [1.82, 2.24) is 4.98 Å². The van der Waals surface area contributed by atoms with Gasteiger partial charge in [0.2, 0.25) is 0 Å². The van der Waals surface area contributed by atoms with E-state index in [2.05, 4.69) is 24.3 Å². The van der Waals surface area contributed by atoms with Crippen molar-refractivity contribution in [2.75, 3.05) is 0 Å². The summed E-state index contributed by atoms with van der Waals surface area (Å²) in [5.74, 6) is 0.664. The molecule has 0 saturated carbocycles. The van der Waals surface area contributed by atoms with E-state index in [4.69, 9.17) is 4.98 Å². The molecule has 0 radical (unpaired) electrons. The number of hydrogen-bond donors (Lipinski definition) is 0. The van der Waals surface area contributed by atoms with Gasteiger partial charge in [-0.25, -0.2) is 0 Å². The third-order valence-corrected chi connectivity index (χ3v) is 4.86. The molecule has 2 aromatic carbocycles. The molecule has 0 atom stereocenters. The van der Waals surface area contributed by atoms with Gasteiger partial charge in [0.25, 0.3) is 5.03 Å². The topological polar surface area (TPSA) is 39.8 Å². The Labute approximate surface area is 138 Å². The van der Waals surface area contributed by atoms with Gasteiger partial charge in [-0.15, -0.1) is 0 Å². The highest BCUT2D eigenvalue weighted by atomic mass is 32.2. The fourth-order valence-electron chi connectivity index (χ4n) is 2.75. The van der Waals surface area contributed by atoms with Gasteiger partial charge in [-0.2, -0.15) is 4.73 Å². The predicted octanol–water partition coefficient (Wildman–Crippen LogP) is 4.31. The standard InChI is InChI=1S/C19H14N2OS/c22-21-12-6-5-11-19(21)23-13-18-16-9-2-1-7-14(16)15-8-3-4-10-17(15)20-18/h1-12H,13H2. The molecule has 2 heterocycles. The van der Waals surface area contributed by atoms with Crippen LogP contribution in [0.15, 0.2) is 78.0 Å². The van der Waals surface area contributed by atoms with Crippen LogP contribution in [0.4, 0.5) is 0 Å². The minimum absolute atomic E-state index is 0.664. The second-order valence-corrected chi connectivity index (χ2v) is 6.27. The summed E-state index contributed by atoms with van der Waals surface area (Å²) < 4.78 is 0.897. The summed E-state index contributed by atoms with van der Waals surface area (Å²) >= 11 is 1.51. The predicted molar refractivity (Wildman–Crippen MR) is 94.2 cm³/mol. The van der Waals surface area contributed by atoms with Gasteiger partial charge in [-0.05, 0) is 29.3 Å². The molecule has 4 heteroatoms. The number of nitrogens with zero attached hydrogens (tertiary/aromatic N) is 2. The van der Waals surface area contributed by atoms with Crippen LogP contribution in [-0.2, 0) is 5.75 Å². The van der Waals surface area contributed by atoms with E-state index < -0.39 is 0 Å². The molecule has 0 amide bonds. The summed E-state index contributed by atoms with van der Waals surface area (Å²) in [7, 11) is 0. The first kappa shape index (κ1) is 14.0. The number of thioether (sulfide) groups is 1. The lowest BCUT2D eigenvalue weighted by molar-refractivity contribution is -0.645. The van der Waals surface area contributed by atoms with E-state index in [0.29, 0.717) is 10.8 Å². The maximum atomic E-state index is 11.8. The third kappa shape index (κ3) is 2.62. The van der Waals surface area contributed by atoms with Crippen LogP contribution >= 0.6 is 11.8 Å². The second-order valence-electron chi connectivity index (χ2n) is 5.27. The lowest BCUT2D eigenvalue weighted by Gasteiger charge is -2.09. The van der Waals surface area contributed by atoms with Crippen LogP contribution in [0, 0.1) is 5.21 Å². The molecule has 23 heavy (non-hydrogen) atoms. The van der Waals surface area contributed by atoms with Crippen LogP contribution in [0.25, 0.3) is 21.7 Å². The van der Waals surface area contributed by atoms with Gasteiger partial charge in [0.05, 0.1) is 11.2 Å². The number of para-hydroxylation sites is 1. The van der Waals surface area contributed by atoms with Crippen LogP contribution in [0.3, 0.4) is 0 Å². The fraction of sp³-hybridized carbons (Fsp3) is 0.0526. The average Bonchev–Trinajstić information content (AvgIpc) is 2.61. The van der Waals surface area contributed by atoms with Crippen molar-refractivity contribution < 1.29 is 4.73 Å². The Kier molecular flexibility index (Phi) is 3.60. The smallest absolute Gasteiger partial charge is 0.251 e. The first-order valence-corrected chi connectivity index (χ1v) is 8.39. The van der Waals surface area contributed by atoms with Gasteiger partial charge in [-0.3, -0.25) is 4.98 Å². The monoisotopic (exact) mass is 318 g/mol. The van der Waals surface area contributed by atoms with Crippen molar-refractivity contribution >= 4 is 33.4 Å². The number of pyridine rings is 2. The van der Waals surface area contributed by atoms with E-state index in [1.165, 1.54) is 23.3 Å². The minimum atomic E-state index is 0.664. The van der Waals surface area contributed by atoms with Crippen molar-refractivity contribution in [3.63, 3.8) is 0 Å². The molecule has 0 spiro atoms. The van der Waals surface area contributed by atoms with E-state index in [1.54, 1.807) is 6.07 Å². The number of hydrogen-bond acceptors (Lipinski definition) is 3. The molecule has 0 aliphatic rings. The van der Waals surface area contributed by atoms with Crippen LogP contribution in [0.2, 0.25) is 0 Å². The SMILES string of the molecule is [O-][n+]1ccccc1SCc1nc2ccccc2c2ccccc12. The molecule has 0 aliphatic carbocycles. The molecule has 4 aromatic rings. The Balaban J connectivity index is 1.81. The Morgan fingerprint density at radius 3 is 2.35 bits per heavy atom. The molecule has 0 aliphatic heterocycles. The number of benzene rings is 2. The summed E-state index contributed by atoms with van der Waals surface area (Å²) in [6.07, 6.45) is 1.52. The normalized spacial score (nSPS) is 11.1. The molecule has 0 unspecified atom stereocenters. The zero-order valence-corrected chi connectivity index (χ0v) is 13.2. The Morgan fingerprint density at radius 1 is 0.826 bits per heavy atom. The van der Waals surface area contributed by atoms with Gasteiger partial charge in [0, 0.05) is 28.7 Å². The maximum Gasteiger partial charge on any atom is 0.251 e. The zero-order valence-electron chi connectivity index (χ0n) is 12.3. The van der Waals surface area contributed by atoms with Gasteiger partial charge in [0.15, 0.2) is 6.20 Å². The van der Waals surface area contributed by atoms with E-state index in [1.807, 2.05) is 36.4 Å². The van der Waals surface area contributed by atoms with E-state index in [0.717, 1.165) is 26.7 Å². The molecule has 4 rings (SSSR count). The molecule has 0 saturated heterocycles. The number of fused-ring (bicyclic) bond motifs is 3. The molecule has 3 nitrogen and oxygen atoms in total. The summed E-state index contributed by atoms with van der Waals surface area (Å²) in [5.41, 5.74) is 2.00. The van der Waals surface area contributed by atoms with E-state index >= 15 is 0 Å². The van der Waals surface area contributed by atoms with Crippen LogP contribution in [0.5, 0.6) is 0 Å². The molecular formula is C19H14N2OS. The van der Waals surface area contributed by atoms with Crippen molar-refractivity contribution in [2.45, 2.75) is 10.8 Å². The highest BCUT2D eigenvalue weighted by Crippen LogP contribution is 2.29. The van der Waals surface area contributed by atoms with Crippen molar-refractivity contribution in [3.8, 4) is 0 Å². The van der Waals surface area contributed by atoms with Gasteiger partial charge in [0.1, 0.15) is 0 Å². The molecular weight excluding hydrogens is 304 g/mol. The maximum absolute atomic E-state index is 11.8. The van der Waals surface area contributed by atoms with Gasteiger partial charge < -0.3 is 5.21 Å². The Morgan fingerprint density at radius 2 is 1.52 bits per heavy atom. The fourth-order valence-corrected chi connectivity index (χ4v) is 3.62. The summed E-state index contributed by atoms with van der Waals surface area (Å²) in [6, 6.07) is 21.9. The highest BCUT2D eigenvalue weighted by molar-refractivity contribution is 7.98. The largest absolute Gasteiger partial charge is 0.618 e. The summed E-state index contributed by atoms with van der Waals surface area (Å²) in [4.78, 5) is 4.82. The van der Waals surface area contributed by atoms with E-state index in [9.17, 15) is 5.21 Å². The Bertz CT molecular complexity index is 1000. The van der Waals surface area contributed by atoms with Crippen molar-refractivity contribution in [1.29, 1.82) is 0 Å². The highest BCUT2D eigenvalue weighted by Gasteiger charge is 2.11. The zero-order chi connectivity index (χ0) is 15.6. The summed E-state index contributed by atoms with van der Waals surface area (Å²) in [6.45, 7) is 0. The summed E-state index contributed by atoms with van der Waals surface area (Å²) in [5, 5.41) is 16.0. The lowest BCUT2D eigenvalue weighted by Crippen LogP contribution is -2.27. The molecule has 0 N–H and O–H groups in total. The molecule has 112 valence electrons. The average molecular weight is 318 g/mol. The van der Waals surface area contributed by atoms with Gasteiger partial charge >= 0.3 is 0 Å². The molecule has 0 fully saturated rings. The number of rotatable bonds is 3. The van der Waals surface area contributed by atoms with Crippen LogP contribution in [0.1, 0.15) is 5.69 Å².